The molecule has 1 aromatic carbocycles. The summed E-state index contributed by atoms with van der Waals surface area (Å²) in [5, 5.41) is 2.87. The molecule has 2 rings (SSSR count). The highest BCUT2D eigenvalue weighted by Gasteiger charge is 2.32. The molecule has 1 saturated carbocycles. The minimum Gasteiger partial charge on any atom is -0.455 e. The maximum atomic E-state index is 12.5. The second-order valence-corrected chi connectivity index (χ2v) is 6.96. The molecule has 1 N–H and O–H groups in total. The summed E-state index contributed by atoms with van der Waals surface area (Å²) in [7, 11) is 0. The lowest BCUT2D eigenvalue weighted by Crippen LogP contribution is -2.45. The van der Waals surface area contributed by atoms with Crippen LogP contribution in [0.25, 0.3) is 0 Å². The molecule has 0 radical (unpaired) electrons. The number of esters is 1. The Kier molecular flexibility index (Phi) is 6.77. The van der Waals surface area contributed by atoms with Crippen LogP contribution in [0.3, 0.4) is 0 Å². The summed E-state index contributed by atoms with van der Waals surface area (Å²) < 4.78 is 5.08. The number of aryl methyl sites for hydroxylation is 1. The molecule has 0 spiro atoms. The monoisotopic (exact) mass is 360 g/mol. The van der Waals surface area contributed by atoms with Crippen molar-refractivity contribution in [1.82, 2.24) is 4.90 Å². The van der Waals surface area contributed by atoms with Crippen LogP contribution in [0.4, 0.5) is 5.69 Å². The third-order valence-electron chi connectivity index (χ3n) is 4.88. The van der Waals surface area contributed by atoms with Crippen LogP contribution in [0.2, 0.25) is 0 Å². The van der Waals surface area contributed by atoms with Crippen molar-refractivity contribution in [3.8, 4) is 0 Å². The van der Waals surface area contributed by atoms with Gasteiger partial charge >= 0.3 is 5.97 Å². The molecular formula is C20H28N2O4. The maximum Gasteiger partial charge on any atom is 0.309 e. The van der Waals surface area contributed by atoms with Crippen LogP contribution in [0.15, 0.2) is 18.2 Å². The number of hydrogen-bond acceptors (Lipinski definition) is 4. The van der Waals surface area contributed by atoms with E-state index in [1.807, 2.05) is 45.9 Å². The Balaban J connectivity index is 1.97. The summed E-state index contributed by atoms with van der Waals surface area (Å²) in [6, 6.07) is 5.58. The summed E-state index contributed by atoms with van der Waals surface area (Å²) in [5.41, 5.74) is 2.83. The first kappa shape index (κ1) is 19.9. The molecule has 0 heterocycles. The van der Waals surface area contributed by atoms with Crippen molar-refractivity contribution in [3.05, 3.63) is 29.3 Å². The number of carbonyl (C=O) groups is 3. The maximum absolute atomic E-state index is 12.5. The van der Waals surface area contributed by atoms with Crippen molar-refractivity contribution in [2.24, 2.45) is 5.92 Å². The molecule has 2 amide bonds. The number of hydrogen-bond donors (Lipinski definition) is 1. The molecule has 1 aromatic rings. The SMILES string of the molecule is CC[C@H](C)N(CC(=O)Nc1cccc(C)c1C)C(=O)COC(=O)C1CC1. The van der Waals surface area contributed by atoms with Gasteiger partial charge in [-0.15, -0.1) is 0 Å². The number of anilines is 1. The van der Waals surface area contributed by atoms with Crippen molar-refractivity contribution in [2.75, 3.05) is 18.5 Å². The first-order valence-electron chi connectivity index (χ1n) is 9.15. The molecule has 1 atom stereocenters. The average molecular weight is 360 g/mol. The fraction of sp³-hybridized carbons (Fsp3) is 0.550. The highest BCUT2D eigenvalue weighted by atomic mass is 16.5. The van der Waals surface area contributed by atoms with Crippen molar-refractivity contribution in [1.29, 1.82) is 0 Å². The highest BCUT2D eigenvalue weighted by molar-refractivity contribution is 5.95. The van der Waals surface area contributed by atoms with Crippen molar-refractivity contribution < 1.29 is 19.1 Å². The highest BCUT2D eigenvalue weighted by Crippen LogP contribution is 2.30. The molecule has 6 nitrogen and oxygen atoms in total. The van der Waals surface area contributed by atoms with Crippen LogP contribution in [0.5, 0.6) is 0 Å². The average Bonchev–Trinajstić information content (AvgIpc) is 3.45. The van der Waals surface area contributed by atoms with E-state index < -0.39 is 0 Å². The van der Waals surface area contributed by atoms with Gasteiger partial charge in [0.1, 0.15) is 6.54 Å². The van der Waals surface area contributed by atoms with Crippen molar-refractivity contribution in [2.45, 2.75) is 53.0 Å². The number of nitrogens with one attached hydrogen (secondary N) is 1. The number of rotatable bonds is 8. The van der Waals surface area contributed by atoms with E-state index >= 15 is 0 Å². The predicted octanol–water partition coefficient (Wildman–Crippen LogP) is 2.82. The Hall–Kier alpha value is -2.37. The number of ether oxygens (including phenoxy) is 1. The lowest BCUT2D eigenvalue weighted by atomic mass is 10.1. The fourth-order valence-corrected chi connectivity index (χ4v) is 2.59. The summed E-state index contributed by atoms with van der Waals surface area (Å²) in [6.45, 7) is 7.38. The van der Waals surface area contributed by atoms with Gasteiger partial charge in [0.25, 0.3) is 5.91 Å². The number of carbonyl (C=O) groups excluding carboxylic acids is 3. The molecule has 26 heavy (non-hydrogen) atoms. The molecule has 0 bridgehead atoms. The third-order valence-corrected chi connectivity index (χ3v) is 4.88. The quantitative estimate of drug-likeness (QED) is 0.723. The Bertz CT molecular complexity index is 682. The van der Waals surface area contributed by atoms with E-state index in [1.54, 1.807) is 0 Å². The van der Waals surface area contributed by atoms with E-state index in [0.717, 1.165) is 29.7 Å². The first-order valence-corrected chi connectivity index (χ1v) is 9.15. The Labute approximate surface area is 154 Å². The smallest absolute Gasteiger partial charge is 0.309 e. The summed E-state index contributed by atoms with van der Waals surface area (Å²) in [5.74, 6) is -0.972. The summed E-state index contributed by atoms with van der Waals surface area (Å²) >= 11 is 0. The van der Waals surface area contributed by atoms with Gasteiger partial charge < -0.3 is 15.0 Å². The fourth-order valence-electron chi connectivity index (χ4n) is 2.59. The normalized spacial score (nSPS) is 14.5. The van der Waals surface area contributed by atoms with Crippen LogP contribution in [0.1, 0.15) is 44.2 Å². The zero-order chi connectivity index (χ0) is 19.3. The summed E-state index contributed by atoms with van der Waals surface area (Å²) in [6.07, 6.45) is 2.37. The lowest BCUT2D eigenvalue weighted by molar-refractivity contribution is -0.154. The second kappa shape index (κ2) is 8.83. The van der Waals surface area contributed by atoms with Gasteiger partial charge in [0.15, 0.2) is 6.61 Å². The second-order valence-electron chi connectivity index (χ2n) is 6.96. The van der Waals surface area contributed by atoms with Crippen LogP contribution in [-0.2, 0) is 19.1 Å². The zero-order valence-electron chi connectivity index (χ0n) is 16.0. The van der Waals surface area contributed by atoms with Crippen LogP contribution < -0.4 is 5.32 Å². The minimum absolute atomic E-state index is 0.0487. The lowest BCUT2D eigenvalue weighted by Gasteiger charge is -2.28. The van der Waals surface area contributed by atoms with Crippen molar-refractivity contribution >= 4 is 23.5 Å². The van der Waals surface area contributed by atoms with E-state index in [9.17, 15) is 14.4 Å². The number of nitrogens with zero attached hydrogens (tertiary/aromatic N) is 1. The number of benzene rings is 1. The molecular weight excluding hydrogens is 332 g/mol. The third kappa shape index (κ3) is 5.31. The van der Waals surface area contributed by atoms with Crippen molar-refractivity contribution in [3.63, 3.8) is 0 Å². The van der Waals surface area contributed by atoms with E-state index in [0.29, 0.717) is 6.42 Å². The van der Waals surface area contributed by atoms with E-state index in [-0.39, 0.29) is 42.9 Å². The summed E-state index contributed by atoms with van der Waals surface area (Å²) in [4.78, 5) is 38.0. The van der Waals surface area contributed by atoms with E-state index in [4.69, 9.17) is 4.74 Å². The molecule has 0 aliphatic heterocycles. The topological polar surface area (TPSA) is 75.7 Å². The van der Waals surface area contributed by atoms with E-state index in [1.165, 1.54) is 4.90 Å². The van der Waals surface area contributed by atoms with Gasteiger partial charge in [-0.1, -0.05) is 19.1 Å². The Morgan fingerprint density at radius 3 is 2.58 bits per heavy atom. The zero-order valence-corrected chi connectivity index (χ0v) is 16.0. The van der Waals surface area contributed by atoms with Gasteiger partial charge in [0.2, 0.25) is 5.91 Å². The molecule has 0 aromatic heterocycles. The number of amides is 2. The van der Waals surface area contributed by atoms with Gasteiger partial charge in [-0.05, 0) is 57.2 Å². The van der Waals surface area contributed by atoms with Crippen LogP contribution in [0, 0.1) is 19.8 Å². The minimum atomic E-state index is -0.343. The van der Waals surface area contributed by atoms with Gasteiger partial charge in [0, 0.05) is 11.7 Å². The molecule has 0 saturated heterocycles. The van der Waals surface area contributed by atoms with Crippen LogP contribution in [-0.4, -0.2) is 41.9 Å². The van der Waals surface area contributed by atoms with Gasteiger partial charge in [0.05, 0.1) is 5.92 Å². The van der Waals surface area contributed by atoms with Gasteiger partial charge in [-0.2, -0.15) is 0 Å². The molecule has 6 heteroatoms. The molecule has 1 aliphatic rings. The standard InChI is InChI=1S/C20H28N2O4/c1-5-14(3)22(19(24)12-26-20(25)16-9-10-16)11-18(23)21-17-8-6-7-13(2)15(17)4/h6-8,14,16H,5,9-12H2,1-4H3,(H,21,23)/t14-/m0/s1. The van der Waals surface area contributed by atoms with Gasteiger partial charge in [-0.25, -0.2) is 0 Å². The Morgan fingerprint density at radius 2 is 1.96 bits per heavy atom. The predicted molar refractivity (Wildman–Crippen MR) is 99.7 cm³/mol. The molecule has 1 fully saturated rings. The first-order chi connectivity index (χ1) is 12.3. The van der Waals surface area contributed by atoms with E-state index in [2.05, 4.69) is 5.32 Å². The molecule has 0 unspecified atom stereocenters. The van der Waals surface area contributed by atoms with Crippen LogP contribution >= 0.6 is 0 Å². The van der Waals surface area contributed by atoms with Gasteiger partial charge in [-0.3, -0.25) is 14.4 Å². The Morgan fingerprint density at radius 1 is 1.27 bits per heavy atom. The largest absolute Gasteiger partial charge is 0.455 e. The molecule has 142 valence electrons. The molecule has 1 aliphatic carbocycles.